The van der Waals surface area contributed by atoms with Crippen molar-refractivity contribution in [3.63, 3.8) is 0 Å². The Hall–Kier alpha value is -3.19. The van der Waals surface area contributed by atoms with Crippen molar-refractivity contribution in [2.45, 2.75) is 241 Å². The molecule has 0 amide bonds. The van der Waals surface area contributed by atoms with Crippen LogP contribution < -0.4 is 0 Å². The van der Waals surface area contributed by atoms with E-state index in [0.29, 0.717) is 58.5 Å². The Kier molecular flexibility index (Phi) is 20.6. The molecule has 3 aliphatic carbocycles. The van der Waals surface area contributed by atoms with E-state index in [-0.39, 0.29) is 105 Å². The Bertz CT molecular complexity index is 2000. The first-order chi connectivity index (χ1) is 36.4. The quantitative estimate of drug-likeness (QED) is 0.0343. The van der Waals surface area contributed by atoms with Crippen LogP contribution in [0, 0.1) is 17.8 Å². The predicted molar refractivity (Wildman–Crippen MR) is 282 cm³/mol. The molecule has 0 aromatic heterocycles. The van der Waals surface area contributed by atoms with Gasteiger partial charge >= 0.3 is 11.9 Å². The molecule has 76 heavy (non-hydrogen) atoms. The van der Waals surface area contributed by atoms with Crippen LogP contribution in [0.5, 0.6) is 0 Å². The molecule has 9 aliphatic rings. The summed E-state index contributed by atoms with van der Waals surface area (Å²) in [5.74, 6) is 0.311. The molecular weight excluding hydrogens is 977 g/mol. The van der Waals surface area contributed by atoms with Crippen LogP contribution in [0.2, 0.25) is 0 Å². The number of hydrogen-bond donors (Lipinski definition) is 0. The fraction of sp³-hybridized carbons (Fsp3) is 0.817. The number of epoxide rings is 6. The largest absolute Gasteiger partial charge is 0.466 e. The normalized spacial score (nSPS) is 39.3. The highest BCUT2D eigenvalue weighted by Gasteiger charge is 2.74. The van der Waals surface area contributed by atoms with E-state index in [1.54, 1.807) is 21.3 Å². The molecule has 0 radical (unpaired) electrons. The molecule has 428 valence electrons. The second-order valence-electron chi connectivity index (χ2n) is 23.5. The van der Waals surface area contributed by atoms with Crippen LogP contribution in [0.25, 0.3) is 0 Å². The highest BCUT2D eigenvalue weighted by atomic mass is 16.6. The van der Waals surface area contributed by atoms with E-state index in [1.807, 2.05) is 13.8 Å². The second-order valence-corrected chi connectivity index (χ2v) is 23.5. The van der Waals surface area contributed by atoms with Crippen LogP contribution >= 0.6 is 0 Å². The van der Waals surface area contributed by atoms with Gasteiger partial charge in [0.2, 0.25) is 0 Å². The molecule has 0 aromatic rings. The topological polar surface area (TPSA) is 207 Å². The van der Waals surface area contributed by atoms with Crippen molar-refractivity contribution >= 4 is 29.3 Å². The first-order valence-electron chi connectivity index (χ1n) is 28.7. The van der Waals surface area contributed by atoms with E-state index in [2.05, 4.69) is 65.0 Å². The van der Waals surface area contributed by atoms with Crippen molar-refractivity contribution in [3.05, 3.63) is 36.0 Å². The maximum Gasteiger partial charge on any atom is 0.305 e. The van der Waals surface area contributed by atoms with Gasteiger partial charge in [-0.2, -0.15) is 0 Å². The third-order valence-electron chi connectivity index (χ3n) is 17.9. The lowest BCUT2D eigenvalue weighted by atomic mass is 9.69. The molecule has 6 saturated heterocycles. The summed E-state index contributed by atoms with van der Waals surface area (Å²) in [4.78, 5) is 59.3. The number of ketones is 3. The van der Waals surface area contributed by atoms with Gasteiger partial charge in [0.25, 0.3) is 0 Å². The summed E-state index contributed by atoms with van der Waals surface area (Å²) < 4.78 is 62.0. The highest BCUT2D eigenvalue weighted by molar-refractivity contribution is 5.86. The molecule has 16 heteroatoms. The van der Waals surface area contributed by atoms with Crippen LogP contribution in [-0.4, -0.2) is 154 Å². The smallest absolute Gasteiger partial charge is 0.305 e. The third kappa shape index (κ3) is 14.2. The van der Waals surface area contributed by atoms with Gasteiger partial charge in [-0.1, -0.05) is 48.8 Å². The fourth-order valence-corrected chi connectivity index (χ4v) is 13.2. The van der Waals surface area contributed by atoms with Gasteiger partial charge in [0.1, 0.15) is 51.9 Å². The minimum absolute atomic E-state index is 0.0208. The van der Waals surface area contributed by atoms with Crippen LogP contribution in [-0.2, 0) is 76.1 Å². The molecule has 9 rings (SSSR count). The van der Waals surface area contributed by atoms with E-state index in [9.17, 15) is 24.0 Å². The summed E-state index contributed by atoms with van der Waals surface area (Å²) in [6.45, 7) is 17.2. The summed E-state index contributed by atoms with van der Waals surface area (Å²) >= 11 is 0. The van der Waals surface area contributed by atoms with Gasteiger partial charge in [0.05, 0.1) is 69.1 Å². The fourth-order valence-electron chi connectivity index (χ4n) is 13.2. The number of esters is 2. The van der Waals surface area contributed by atoms with E-state index < -0.39 is 12.2 Å². The van der Waals surface area contributed by atoms with Crippen molar-refractivity contribution in [3.8, 4) is 0 Å². The Balaban J connectivity index is 0.000000168. The molecule has 0 N–H and O–H groups in total. The number of rotatable bonds is 26. The summed E-state index contributed by atoms with van der Waals surface area (Å²) in [6.07, 6.45) is 25.7. The van der Waals surface area contributed by atoms with E-state index in [0.717, 1.165) is 96.5 Å². The molecule has 3 saturated carbocycles. The molecule has 9 fully saturated rings. The summed E-state index contributed by atoms with van der Waals surface area (Å²) in [7, 11) is 4.84. The van der Waals surface area contributed by atoms with Crippen LogP contribution in [0.4, 0.5) is 0 Å². The number of carbonyl (C=O) groups is 5. The Morgan fingerprint density at radius 2 is 0.842 bits per heavy atom. The molecular formula is C60H92O16. The molecule has 15 atom stereocenters. The zero-order chi connectivity index (χ0) is 54.9. The van der Waals surface area contributed by atoms with Gasteiger partial charge in [-0.15, -0.1) is 0 Å². The Morgan fingerprint density at radius 1 is 0.513 bits per heavy atom. The number of methoxy groups -OCH3 is 3. The summed E-state index contributed by atoms with van der Waals surface area (Å²) in [6, 6.07) is 0. The van der Waals surface area contributed by atoms with Crippen molar-refractivity contribution < 1.29 is 76.1 Å². The van der Waals surface area contributed by atoms with Gasteiger partial charge in [-0.05, 0) is 126 Å². The molecule has 3 spiro atoms. The number of allylic oxidation sites excluding steroid dienone is 3. The molecule has 6 aliphatic heterocycles. The van der Waals surface area contributed by atoms with Crippen molar-refractivity contribution in [2.75, 3.05) is 54.4 Å². The first-order valence-corrected chi connectivity index (χ1v) is 28.7. The van der Waals surface area contributed by atoms with E-state index >= 15 is 0 Å². The van der Waals surface area contributed by atoms with E-state index in [1.165, 1.54) is 5.57 Å². The van der Waals surface area contributed by atoms with Crippen LogP contribution in [0.15, 0.2) is 36.0 Å². The SMILES string of the molecule is CCOC(=O)CCCCC/C=C/C[C@H]1O[C@]1(C)[C@H]1[C@H](OC)C(=O)CC[C@]12CO2.CCOC(=O)CCCCC/C=C/C[C@H]1O[C@]1(C)[C@H]1[C@H](OC)C(=O)CC[C@]12CO2.CO[C@@H]1C(=O)CC[C@]2(CO2)[C@H]1[C@@]1(C)O[C@@H]1CC=C(C)C. The first kappa shape index (κ1) is 60.5. The lowest BCUT2D eigenvalue weighted by Crippen LogP contribution is -2.52. The maximum atomic E-state index is 12.3. The molecule has 0 bridgehead atoms. The van der Waals surface area contributed by atoms with Gasteiger partial charge in [0, 0.05) is 53.4 Å². The average molecular weight is 1070 g/mol. The number of ether oxygens (including phenoxy) is 11. The maximum absolute atomic E-state index is 12.3. The van der Waals surface area contributed by atoms with Crippen molar-refractivity contribution in [1.82, 2.24) is 0 Å². The van der Waals surface area contributed by atoms with Gasteiger partial charge < -0.3 is 52.1 Å². The van der Waals surface area contributed by atoms with Crippen molar-refractivity contribution in [2.24, 2.45) is 17.8 Å². The van der Waals surface area contributed by atoms with Crippen molar-refractivity contribution in [1.29, 1.82) is 0 Å². The zero-order valence-corrected chi connectivity index (χ0v) is 47.6. The number of Topliss-reactive ketones (excluding diaryl/α,β-unsaturated/α-hetero) is 3. The average Bonchev–Trinajstić information content (AvgIpc) is 4.11. The molecule has 0 aromatic carbocycles. The van der Waals surface area contributed by atoms with Gasteiger partial charge in [0.15, 0.2) is 17.3 Å². The molecule has 0 unspecified atom stereocenters. The van der Waals surface area contributed by atoms with Gasteiger partial charge in [-0.25, -0.2) is 0 Å². The predicted octanol–water partition coefficient (Wildman–Crippen LogP) is 9.00. The van der Waals surface area contributed by atoms with E-state index in [4.69, 9.17) is 52.1 Å². The number of hydrogen-bond acceptors (Lipinski definition) is 16. The monoisotopic (exact) mass is 1070 g/mol. The van der Waals surface area contributed by atoms with Gasteiger partial charge in [-0.3, -0.25) is 24.0 Å². The minimum atomic E-state index is -0.422. The zero-order valence-electron chi connectivity index (χ0n) is 47.6. The Morgan fingerprint density at radius 3 is 1.13 bits per heavy atom. The Labute approximate surface area is 452 Å². The lowest BCUT2D eigenvalue weighted by molar-refractivity contribution is -0.144. The summed E-state index contributed by atoms with van der Waals surface area (Å²) in [5.41, 5.74) is -0.318. The highest BCUT2D eigenvalue weighted by Crippen LogP contribution is 2.61. The number of carbonyl (C=O) groups excluding carboxylic acids is 5. The standard InChI is InChI=1S/2C22H34O6.C16H24O4/c2*1-4-26-18(24)12-10-8-6-5-7-9-11-17-21(2,28-17)20-19(25-3)16(23)13-14-22(20)15-27-22;1-10(2)5-6-12-15(3,20-12)14-13(18-4)11(17)7-8-16(14)9-19-16/h2*7,9,17,19-20H,4-6,8,10-15H2,1-3H3;5,12-14H,6-9H2,1-4H3/b2*9-7+;/t2*17-,19-,20-,21+,22+;12-,13-,14-,15+,16+/m111/s1. The van der Waals surface area contributed by atoms with Crippen LogP contribution in [0.3, 0.4) is 0 Å². The summed E-state index contributed by atoms with van der Waals surface area (Å²) in [5, 5.41) is 0. The van der Waals surface area contributed by atoms with Crippen LogP contribution in [0.1, 0.15) is 170 Å². The second kappa shape index (κ2) is 25.9. The molecule has 16 nitrogen and oxygen atoms in total. The minimum Gasteiger partial charge on any atom is -0.466 e. The lowest BCUT2D eigenvalue weighted by Gasteiger charge is -2.37. The molecule has 6 heterocycles. The number of unbranched alkanes of at least 4 members (excludes halogenated alkanes) is 6. The third-order valence-corrected chi connectivity index (χ3v) is 17.9.